The first-order valence-corrected chi connectivity index (χ1v) is 34.6. The zero-order valence-electron chi connectivity index (χ0n) is 20.6. The molecule has 0 aliphatic carbocycles. The molecule has 0 aliphatic rings. The van der Waals surface area contributed by atoms with Crippen molar-refractivity contribution in [2.75, 3.05) is 0 Å². The van der Waals surface area contributed by atoms with Gasteiger partial charge in [-0.1, -0.05) is 494 Å². The van der Waals surface area contributed by atoms with E-state index in [2.05, 4.69) is 494 Å². The van der Waals surface area contributed by atoms with Gasteiger partial charge in [0.1, 0.15) is 42.0 Å². The molecular weight excluding hydrogens is 2700 g/mol. The highest BCUT2D eigenvalue weighted by Crippen LogP contribution is 2.83. The van der Waals surface area contributed by atoms with Gasteiger partial charge in [0.25, 0.3) is 0 Å². The molecule has 0 aliphatic heterocycles. The Balaban J connectivity index is 7.68. The molecule has 33 heteroatoms. The third-order valence-corrected chi connectivity index (χ3v) is 71.2. The fourth-order valence-corrected chi connectivity index (χ4v) is 33.1. The van der Waals surface area contributed by atoms with Crippen LogP contribution in [0.4, 0.5) is 0 Å². The Morgan fingerprint density at radius 1 is 0.245 bits per heavy atom. The molecule has 1 N–H and O–H groups in total. The minimum absolute atomic E-state index is 0.916. The average molecular weight is 2700 g/mol. The lowest BCUT2D eigenvalue weighted by molar-refractivity contribution is -0.137. The predicted molar refractivity (Wildman–Crippen MR) is 325 cm³/mol. The number of alkyl halides is 31. The lowest BCUT2D eigenvalue weighted by Crippen LogP contribution is -2.73. The minimum atomic E-state index is -1.78. The molecule has 294 valence electrons. The standard InChI is InChI=1S/C16HBr31O2/c17-2(18,1(48)49)3(19,20)4(21,22)5(23,24)6(25,26)7(27,28)8(29,30)9(31,32)10(33,34)11(35,36)12(37,38)13(39,40)14(41,42)15(43,44)16(45,46)47/h(H,48,49). The molecule has 0 aromatic heterocycles. The Kier molecular flexibility index (Phi) is 26.3. The van der Waals surface area contributed by atoms with Gasteiger partial charge in [-0.2, -0.15) is 0 Å². The van der Waals surface area contributed by atoms with Crippen molar-refractivity contribution >= 4 is 500 Å². The first-order valence-electron chi connectivity index (χ1n) is 10.0. The van der Waals surface area contributed by atoms with Crippen LogP contribution >= 0.6 is 494 Å². The van der Waals surface area contributed by atoms with Crippen LogP contribution in [0.25, 0.3) is 0 Å². The van der Waals surface area contributed by atoms with E-state index >= 15 is 0 Å². The van der Waals surface area contributed by atoms with E-state index in [0.29, 0.717) is 0 Å². The minimum Gasteiger partial charge on any atom is -0.480 e. The first kappa shape index (κ1) is 63.4. The number of carboxylic acid groups (broad SMARTS) is 1. The second-order valence-electron chi connectivity index (χ2n) is 8.84. The van der Waals surface area contributed by atoms with Crippen LogP contribution in [-0.2, 0) is 4.79 Å². The van der Waals surface area contributed by atoms with Gasteiger partial charge in [0.2, 0.25) is 3.23 Å². The highest BCUT2D eigenvalue weighted by molar-refractivity contribution is 9.42. The fourth-order valence-electron chi connectivity index (χ4n) is 2.68. The molecular formula is C16HBr31O2. The van der Waals surface area contributed by atoms with Crippen LogP contribution in [0.5, 0.6) is 0 Å². The summed E-state index contributed by atoms with van der Waals surface area (Å²) in [4.78, 5) is 12.4. The molecule has 0 radical (unpaired) electrons. The summed E-state index contributed by atoms with van der Waals surface area (Å²) in [6, 6.07) is 0. The molecule has 0 aromatic rings. The van der Waals surface area contributed by atoms with Gasteiger partial charge in [-0.25, -0.2) is 4.79 Å². The van der Waals surface area contributed by atoms with Gasteiger partial charge in [-0.3, -0.25) is 0 Å². The van der Waals surface area contributed by atoms with Crippen LogP contribution in [0.2, 0.25) is 0 Å². The van der Waals surface area contributed by atoms with Crippen molar-refractivity contribution < 1.29 is 9.90 Å². The lowest BCUT2D eigenvalue weighted by Gasteiger charge is -2.61. The summed E-state index contributed by atoms with van der Waals surface area (Å²) in [5, 5.41) is 10.1. The van der Waals surface area contributed by atoms with Gasteiger partial charge < -0.3 is 5.11 Å². The molecule has 0 spiro atoms. The van der Waals surface area contributed by atoms with Crippen molar-refractivity contribution in [3.8, 4) is 0 Å². The predicted octanol–water partition coefficient (Wildman–Crippen LogP) is 22.7. The molecule has 49 heavy (non-hydrogen) atoms. The van der Waals surface area contributed by atoms with Crippen molar-refractivity contribution in [1.29, 1.82) is 0 Å². The largest absolute Gasteiger partial charge is 0.480 e. The summed E-state index contributed by atoms with van der Waals surface area (Å²) in [6.07, 6.45) is 0. The normalized spacial score (nSPS) is 17.0. The topological polar surface area (TPSA) is 37.3 Å². The van der Waals surface area contributed by atoms with Crippen molar-refractivity contribution in [2.45, 2.75) is 47.4 Å². The van der Waals surface area contributed by atoms with E-state index in [1.54, 1.807) is 0 Å². The van der Waals surface area contributed by atoms with Crippen molar-refractivity contribution in [3.63, 3.8) is 0 Å². The zero-order valence-corrected chi connectivity index (χ0v) is 69.7. The molecule has 0 heterocycles. The van der Waals surface area contributed by atoms with Crippen molar-refractivity contribution in [3.05, 3.63) is 0 Å². The SMILES string of the molecule is O=C(O)C(Br)(Br)C(Br)(Br)C(Br)(Br)C(Br)(Br)C(Br)(Br)C(Br)(Br)C(Br)(Br)C(Br)(Br)C(Br)(Br)C(Br)(Br)C(Br)(Br)C(Br)(Br)C(Br)(Br)C(Br)(Br)C(Br)(Br)Br. The molecule has 0 rings (SSSR count). The number of hydrogen-bond donors (Lipinski definition) is 1. The van der Waals surface area contributed by atoms with E-state index in [1.165, 1.54) is 0 Å². The molecule has 0 unspecified atom stereocenters. The zero-order chi connectivity index (χ0) is 41.1. The lowest BCUT2D eigenvalue weighted by atomic mass is 10.0. The Hall–Kier alpha value is 14.4. The molecule has 2 nitrogen and oxygen atoms in total. The number of carbonyl (C=O) groups is 1. The van der Waals surface area contributed by atoms with Crippen molar-refractivity contribution in [2.24, 2.45) is 0 Å². The Labute approximate surface area is 543 Å². The second kappa shape index (κ2) is 20.4. The number of carboxylic acids is 1. The van der Waals surface area contributed by atoms with Crippen molar-refractivity contribution in [1.82, 2.24) is 0 Å². The molecule has 0 fully saturated rings. The quantitative estimate of drug-likeness (QED) is 0.176. The Morgan fingerprint density at radius 2 is 0.367 bits per heavy atom. The molecule has 0 saturated heterocycles. The summed E-state index contributed by atoms with van der Waals surface area (Å²) in [5.41, 5.74) is 0. The van der Waals surface area contributed by atoms with E-state index in [9.17, 15) is 9.90 Å². The van der Waals surface area contributed by atoms with Crippen LogP contribution in [-0.4, -0.2) is 58.5 Å². The van der Waals surface area contributed by atoms with Gasteiger partial charge in [0.15, 0.2) is 2.14 Å². The first-order chi connectivity index (χ1) is 20.4. The van der Waals surface area contributed by atoms with Crippen LogP contribution in [0, 0.1) is 0 Å². The van der Waals surface area contributed by atoms with Gasteiger partial charge in [-0.15, -0.1) is 0 Å². The maximum atomic E-state index is 12.4. The van der Waals surface area contributed by atoms with Crippen LogP contribution < -0.4 is 0 Å². The van der Waals surface area contributed by atoms with E-state index in [4.69, 9.17) is 0 Å². The summed E-state index contributed by atoms with van der Waals surface area (Å²) >= 11 is 117. The number of aliphatic carboxylic acids is 1. The maximum absolute atomic E-state index is 12.4. The monoisotopic (exact) mass is 2670 g/mol. The van der Waals surface area contributed by atoms with Gasteiger partial charge in [-0.05, 0) is 0 Å². The highest BCUT2D eigenvalue weighted by Gasteiger charge is 2.83. The van der Waals surface area contributed by atoms with Gasteiger partial charge in [0, 0.05) is 0 Å². The second-order valence-corrected chi connectivity index (χ2v) is 63.8. The highest BCUT2D eigenvalue weighted by atomic mass is 80.0. The average Bonchev–Trinajstić information content (AvgIpc) is 2.86. The van der Waals surface area contributed by atoms with Crippen LogP contribution in [0.1, 0.15) is 0 Å². The number of halogens is 31. The third kappa shape index (κ3) is 10.6. The smallest absolute Gasteiger partial charge is 0.333 e. The summed E-state index contributed by atoms with van der Waals surface area (Å²) < 4.78 is -20.0. The van der Waals surface area contributed by atoms with E-state index in [1.807, 2.05) is 0 Å². The Morgan fingerprint density at radius 3 is 0.490 bits per heavy atom. The van der Waals surface area contributed by atoms with E-state index in [-0.39, 0.29) is 0 Å². The molecule has 0 saturated carbocycles. The summed E-state index contributed by atoms with van der Waals surface area (Å²) in [7, 11) is 0. The van der Waals surface area contributed by atoms with Crippen LogP contribution in [0.3, 0.4) is 0 Å². The number of hydrogen-bond acceptors (Lipinski definition) is 1. The Bertz CT molecular complexity index is 1250. The van der Waals surface area contributed by atoms with Crippen LogP contribution in [0.15, 0.2) is 0 Å². The molecule has 0 bridgehead atoms. The van der Waals surface area contributed by atoms with Gasteiger partial charge >= 0.3 is 5.97 Å². The maximum Gasteiger partial charge on any atom is 0.333 e. The number of rotatable bonds is 14. The summed E-state index contributed by atoms with van der Waals surface area (Å²) in [5.74, 6) is -1.24. The molecule has 0 aromatic carbocycles. The van der Waals surface area contributed by atoms with E-state index in [0.717, 1.165) is 0 Å². The summed E-state index contributed by atoms with van der Waals surface area (Å²) in [6.45, 7) is 0. The van der Waals surface area contributed by atoms with E-state index < -0.39 is 53.4 Å². The molecule has 0 atom stereocenters. The third-order valence-electron chi connectivity index (χ3n) is 5.75. The van der Waals surface area contributed by atoms with Gasteiger partial charge in [0.05, 0.1) is 0 Å². The molecule has 0 amide bonds. The fraction of sp³-hybridized carbons (Fsp3) is 0.938.